The van der Waals surface area contributed by atoms with Gasteiger partial charge in [0.15, 0.2) is 0 Å². The lowest BCUT2D eigenvalue weighted by Crippen LogP contribution is -2.46. The Balaban J connectivity index is 0.00000156. The monoisotopic (exact) mass is 385 g/mol. The molecule has 1 aromatic carbocycles. The van der Waals surface area contributed by atoms with Crippen molar-refractivity contribution in [1.82, 2.24) is 10.2 Å². The van der Waals surface area contributed by atoms with Gasteiger partial charge in [-0.15, -0.1) is 24.8 Å². The summed E-state index contributed by atoms with van der Waals surface area (Å²) < 4.78 is 0. The molecule has 1 saturated carbocycles. The lowest BCUT2D eigenvalue weighted by atomic mass is 9.75. The topological polar surface area (TPSA) is 59.3 Å². The summed E-state index contributed by atoms with van der Waals surface area (Å²) in [6.07, 6.45) is 3.90. The third kappa shape index (κ3) is 6.13. The first kappa shape index (κ1) is 22.2. The largest absolute Gasteiger partial charge is 0.393 e. The van der Waals surface area contributed by atoms with E-state index in [0.29, 0.717) is 11.8 Å². The van der Waals surface area contributed by atoms with Crippen LogP contribution in [0.15, 0.2) is 24.3 Å². The molecule has 0 spiro atoms. The van der Waals surface area contributed by atoms with Gasteiger partial charge in [0.1, 0.15) is 0 Å². The second-order valence-corrected chi connectivity index (χ2v) is 6.96. The molecule has 140 valence electrons. The molecule has 2 N–H and O–H groups in total. The number of aliphatic hydroxyl groups is 1. The second kappa shape index (κ2) is 11.0. The highest BCUT2D eigenvalue weighted by atomic mass is 35.5. The molecular formula is C19H29Cl2N3O. The average Bonchev–Trinajstić information content (AvgIpc) is 2.61. The van der Waals surface area contributed by atoms with Gasteiger partial charge in [-0.1, -0.05) is 12.1 Å². The quantitative estimate of drug-likeness (QED) is 0.836. The van der Waals surface area contributed by atoms with Crippen LogP contribution in [0.5, 0.6) is 0 Å². The van der Waals surface area contributed by atoms with Crippen molar-refractivity contribution in [2.24, 2.45) is 5.92 Å². The molecule has 0 bridgehead atoms. The molecule has 1 atom stereocenters. The van der Waals surface area contributed by atoms with Crippen LogP contribution in [0.3, 0.4) is 0 Å². The average molecular weight is 386 g/mol. The zero-order valence-electron chi connectivity index (χ0n) is 14.6. The van der Waals surface area contributed by atoms with Gasteiger partial charge in [-0.3, -0.25) is 0 Å². The van der Waals surface area contributed by atoms with E-state index in [9.17, 15) is 10.4 Å². The highest BCUT2D eigenvalue weighted by molar-refractivity contribution is 5.85. The fourth-order valence-corrected chi connectivity index (χ4v) is 4.04. The molecular weight excluding hydrogens is 357 g/mol. The van der Waals surface area contributed by atoms with Crippen LogP contribution in [0, 0.1) is 17.2 Å². The SMILES string of the molecule is Cl.Cl.N#Cc1cccc(C(CN2CCNCC2)C2CCC(O)CC2)c1. The summed E-state index contributed by atoms with van der Waals surface area (Å²) in [4.78, 5) is 2.55. The number of benzene rings is 1. The van der Waals surface area contributed by atoms with Gasteiger partial charge >= 0.3 is 0 Å². The summed E-state index contributed by atoms with van der Waals surface area (Å²) in [5.41, 5.74) is 2.05. The van der Waals surface area contributed by atoms with E-state index < -0.39 is 0 Å². The van der Waals surface area contributed by atoms with E-state index in [1.165, 1.54) is 5.56 Å². The maximum absolute atomic E-state index is 9.82. The van der Waals surface area contributed by atoms with Crippen LogP contribution in [0.25, 0.3) is 0 Å². The normalized spacial score (nSPS) is 25.1. The van der Waals surface area contributed by atoms with E-state index in [4.69, 9.17) is 0 Å². The number of halogens is 2. The summed E-state index contributed by atoms with van der Waals surface area (Å²) in [6, 6.07) is 10.4. The molecule has 1 unspecified atom stereocenters. The molecule has 2 fully saturated rings. The minimum Gasteiger partial charge on any atom is -0.393 e. The van der Waals surface area contributed by atoms with Crippen molar-refractivity contribution in [3.05, 3.63) is 35.4 Å². The standard InChI is InChI=1S/C19H27N3O.2ClH/c20-13-15-2-1-3-17(12-15)19(14-22-10-8-21-9-11-22)16-4-6-18(23)7-5-16;;/h1-3,12,16,18-19,21,23H,4-11,14H2;2*1H. The summed E-state index contributed by atoms with van der Waals surface area (Å²) in [5, 5.41) is 22.4. The summed E-state index contributed by atoms with van der Waals surface area (Å²) in [7, 11) is 0. The molecule has 0 amide bonds. The number of nitriles is 1. The van der Waals surface area contributed by atoms with Crippen LogP contribution in [-0.2, 0) is 0 Å². The van der Waals surface area contributed by atoms with Crippen LogP contribution >= 0.6 is 24.8 Å². The van der Waals surface area contributed by atoms with E-state index in [1.807, 2.05) is 12.1 Å². The predicted molar refractivity (Wildman–Crippen MR) is 106 cm³/mol. The molecule has 3 rings (SSSR count). The van der Waals surface area contributed by atoms with Crippen molar-refractivity contribution in [3.8, 4) is 6.07 Å². The van der Waals surface area contributed by atoms with Gasteiger partial charge in [-0.2, -0.15) is 5.26 Å². The molecule has 4 nitrogen and oxygen atoms in total. The smallest absolute Gasteiger partial charge is 0.0991 e. The third-order valence-electron chi connectivity index (χ3n) is 5.42. The van der Waals surface area contributed by atoms with Crippen LogP contribution < -0.4 is 5.32 Å². The maximum Gasteiger partial charge on any atom is 0.0991 e. The van der Waals surface area contributed by atoms with Crippen molar-refractivity contribution in [2.75, 3.05) is 32.7 Å². The molecule has 0 aromatic heterocycles. The lowest BCUT2D eigenvalue weighted by Gasteiger charge is -2.37. The predicted octanol–water partition coefficient (Wildman–Crippen LogP) is 2.94. The summed E-state index contributed by atoms with van der Waals surface area (Å²) in [6.45, 7) is 5.40. The second-order valence-electron chi connectivity index (χ2n) is 6.96. The zero-order chi connectivity index (χ0) is 16.1. The van der Waals surface area contributed by atoms with E-state index in [0.717, 1.165) is 64.0 Å². The van der Waals surface area contributed by atoms with Gasteiger partial charge in [0.25, 0.3) is 0 Å². The van der Waals surface area contributed by atoms with E-state index in [2.05, 4.69) is 28.4 Å². The van der Waals surface area contributed by atoms with Gasteiger partial charge in [0.05, 0.1) is 17.7 Å². The Morgan fingerprint density at radius 3 is 2.48 bits per heavy atom. The fourth-order valence-electron chi connectivity index (χ4n) is 4.04. The Kier molecular flexibility index (Phi) is 9.78. The number of rotatable bonds is 4. The van der Waals surface area contributed by atoms with Crippen molar-refractivity contribution in [2.45, 2.75) is 37.7 Å². The van der Waals surface area contributed by atoms with Gasteiger partial charge in [0.2, 0.25) is 0 Å². The molecule has 25 heavy (non-hydrogen) atoms. The Hall–Kier alpha value is -0.830. The maximum atomic E-state index is 9.82. The highest BCUT2D eigenvalue weighted by Gasteiger charge is 2.29. The van der Waals surface area contributed by atoms with Gasteiger partial charge in [-0.05, 0) is 55.2 Å². The minimum atomic E-state index is -0.114. The van der Waals surface area contributed by atoms with Gasteiger partial charge < -0.3 is 15.3 Å². The number of hydrogen-bond acceptors (Lipinski definition) is 4. The van der Waals surface area contributed by atoms with Crippen LogP contribution in [0.2, 0.25) is 0 Å². The molecule has 2 aliphatic rings. The minimum absolute atomic E-state index is 0. The Morgan fingerprint density at radius 1 is 1.16 bits per heavy atom. The molecule has 6 heteroatoms. The first-order chi connectivity index (χ1) is 11.3. The van der Waals surface area contributed by atoms with Gasteiger partial charge in [-0.25, -0.2) is 0 Å². The molecule has 1 aliphatic heterocycles. The van der Waals surface area contributed by atoms with E-state index >= 15 is 0 Å². The molecule has 0 radical (unpaired) electrons. The number of aliphatic hydroxyl groups excluding tert-OH is 1. The van der Waals surface area contributed by atoms with E-state index in [-0.39, 0.29) is 30.9 Å². The van der Waals surface area contributed by atoms with Crippen molar-refractivity contribution < 1.29 is 5.11 Å². The Bertz CT molecular complexity index is 550. The zero-order valence-corrected chi connectivity index (χ0v) is 16.2. The number of nitrogens with zero attached hydrogens (tertiary/aromatic N) is 2. The fraction of sp³-hybridized carbons (Fsp3) is 0.632. The third-order valence-corrected chi connectivity index (χ3v) is 5.42. The molecule has 1 aromatic rings. The van der Waals surface area contributed by atoms with Gasteiger partial charge in [0, 0.05) is 32.7 Å². The number of hydrogen-bond donors (Lipinski definition) is 2. The molecule has 1 saturated heterocycles. The van der Waals surface area contributed by atoms with Crippen molar-refractivity contribution in [3.63, 3.8) is 0 Å². The van der Waals surface area contributed by atoms with Crippen molar-refractivity contribution in [1.29, 1.82) is 5.26 Å². The Labute approximate surface area is 163 Å². The molecule has 1 heterocycles. The number of piperazine rings is 1. The van der Waals surface area contributed by atoms with Crippen LogP contribution in [-0.4, -0.2) is 48.8 Å². The van der Waals surface area contributed by atoms with Crippen molar-refractivity contribution >= 4 is 24.8 Å². The van der Waals surface area contributed by atoms with Crippen LogP contribution in [0.1, 0.15) is 42.7 Å². The van der Waals surface area contributed by atoms with E-state index in [1.54, 1.807) is 0 Å². The number of nitrogens with one attached hydrogen (secondary N) is 1. The molecule has 1 aliphatic carbocycles. The lowest BCUT2D eigenvalue weighted by molar-refractivity contribution is 0.0932. The summed E-state index contributed by atoms with van der Waals surface area (Å²) in [5.74, 6) is 1.08. The Morgan fingerprint density at radius 2 is 1.84 bits per heavy atom. The first-order valence-corrected chi connectivity index (χ1v) is 8.87. The van der Waals surface area contributed by atoms with Crippen LogP contribution in [0.4, 0.5) is 0 Å². The highest BCUT2D eigenvalue weighted by Crippen LogP contribution is 2.37. The summed E-state index contributed by atoms with van der Waals surface area (Å²) >= 11 is 0. The first-order valence-electron chi connectivity index (χ1n) is 8.87.